The van der Waals surface area contributed by atoms with Gasteiger partial charge in [0.2, 0.25) is 0 Å². The number of aryl methyl sites for hydroxylation is 1. The zero-order valence-corrected chi connectivity index (χ0v) is 16.4. The van der Waals surface area contributed by atoms with E-state index in [0.717, 1.165) is 6.07 Å². The second-order valence-electron chi connectivity index (χ2n) is 6.35. The molecule has 154 valence electrons. The number of rotatable bonds is 6. The van der Waals surface area contributed by atoms with Crippen LogP contribution in [0.15, 0.2) is 71.6 Å². The second-order valence-corrected chi connectivity index (χ2v) is 8.04. The van der Waals surface area contributed by atoms with E-state index >= 15 is 0 Å². The topological polar surface area (TPSA) is 118 Å². The molecule has 0 saturated carbocycles. The summed E-state index contributed by atoms with van der Waals surface area (Å²) in [5.41, 5.74) is 0.717. The molecule has 0 aliphatic rings. The van der Waals surface area contributed by atoms with Crippen molar-refractivity contribution >= 4 is 33.0 Å². The highest BCUT2D eigenvalue weighted by Gasteiger charge is 2.20. The number of carbonyl (C=O) groups excluding carboxylic acids is 1. The molecule has 0 radical (unpaired) electrons. The Morgan fingerprint density at radius 1 is 1.00 bits per heavy atom. The standard InChI is InChI=1S/C20H16FN3O5S/c1-13-5-10-18(12-19(13)24(26)27)30(28,29)23-16-8-6-14(7-9-16)20(25)22-17-4-2-3-15(21)11-17/h2-12,23H,1H3,(H,22,25). The first kappa shape index (κ1) is 20.9. The molecule has 0 saturated heterocycles. The van der Waals surface area contributed by atoms with Gasteiger partial charge in [-0.15, -0.1) is 0 Å². The molecule has 0 unspecified atom stereocenters. The van der Waals surface area contributed by atoms with Crippen molar-refractivity contribution in [2.75, 3.05) is 10.0 Å². The van der Waals surface area contributed by atoms with Gasteiger partial charge in [-0.05, 0) is 55.5 Å². The minimum atomic E-state index is -4.07. The molecule has 3 aromatic carbocycles. The molecule has 0 aliphatic heterocycles. The summed E-state index contributed by atoms with van der Waals surface area (Å²) < 4.78 is 40.6. The van der Waals surface area contributed by atoms with E-state index in [0.29, 0.717) is 5.56 Å². The molecule has 1 amide bonds. The first-order valence-corrected chi connectivity index (χ1v) is 10.1. The molecule has 3 aromatic rings. The van der Waals surface area contributed by atoms with Crippen molar-refractivity contribution in [1.82, 2.24) is 0 Å². The van der Waals surface area contributed by atoms with Crippen LogP contribution in [0, 0.1) is 22.9 Å². The molecule has 10 heteroatoms. The fourth-order valence-electron chi connectivity index (χ4n) is 2.63. The Morgan fingerprint density at radius 3 is 2.33 bits per heavy atom. The van der Waals surface area contributed by atoms with Gasteiger partial charge in [-0.1, -0.05) is 12.1 Å². The number of amides is 1. The lowest BCUT2D eigenvalue weighted by atomic mass is 10.2. The number of halogens is 1. The molecular weight excluding hydrogens is 413 g/mol. The zero-order valence-electron chi connectivity index (χ0n) is 15.6. The Morgan fingerprint density at radius 2 is 1.70 bits per heavy atom. The largest absolute Gasteiger partial charge is 0.322 e. The van der Waals surface area contributed by atoms with Crippen LogP contribution in [-0.4, -0.2) is 19.2 Å². The minimum Gasteiger partial charge on any atom is -0.322 e. The zero-order chi connectivity index (χ0) is 21.9. The van der Waals surface area contributed by atoms with E-state index in [-0.39, 0.29) is 27.5 Å². The third-order valence-corrected chi connectivity index (χ3v) is 5.55. The first-order chi connectivity index (χ1) is 14.2. The van der Waals surface area contributed by atoms with E-state index in [1.807, 2.05) is 0 Å². The van der Waals surface area contributed by atoms with Crippen LogP contribution >= 0.6 is 0 Å². The lowest BCUT2D eigenvalue weighted by Gasteiger charge is -2.10. The lowest BCUT2D eigenvalue weighted by Crippen LogP contribution is -2.14. The summed E-state index contributed by atoms with van der Waals surface area (Å²) in [5, 5.41) is 13.6. The molecule has 0 spiro atoms. The third kappa shape index (κ3) is 4.78. The smallest absolute Gasteiger partial charge is 0.273 e. The molecule has 0 bridgehead atoms. The van der Waals surface area contributed by atoms with E-state index < -0.39 is 26.7 Å². The van der Waals surface area contributed by atoms with E-state index in [2.05, 4.69) is 10.0 Å². The summed E-state index contributed by atoms with van der Waals surface area (Å²) in [4.78, 5) is 22.4. The third-order valence-electron chi connectivity index (χ3n) is 4.17. The number of nitro benzene ring substituents is 1. The Hall–Kier alpha value is -3.79. The van der Waals surface area contributed by atoms with Crippen molar-refractivity contribution in [3.8, 4) is 0 Å². The SMILES string of the molecule is Cc1ccc(S(=O)(=O)Nc2ccc(C(=O)Nc3cccc(F)c3)cc2)cc1[N+](=O)[O-]. The highest BCUT2D eigenvalue weighted by atomic mass is 32.2. The summed E-state index contributed by atoms with van der Waals surface area (Å²) in [6.45, 7) is 1.51. The van der Waals surface area contributed by atoms with Crippen molar-refractivity contribution in [2.24, 2.45) is 0 Å². The maximum absolute atomic E-state index is 13.2. The summed E-state index contributed by atoms with van der Waals surface area (Å²) in [6, 6.07) is 14.6. The molecule has 8 nitrogen and oxygen atoms in total. The molecule has 0 fully saturated rings. The predicted molar refractivity (Wildman–Crippen MR) is 109 cm³/mol. The Labute approximate surface area is 171 Å². The van der Waals surface area contributed by atoms with E-state index in [9.17, 15) is 27.7 Å². The van der Waals surface area contributed by atoms with Gasteiger partial charge in [0.05, 0.1) is 9.82 Å². The van der Waals surface area contributed by atoms with E-state index in [1.54, 1.807) is 0 Å². The van der Waals surface area contributed by atoms with Crippen LogP contribution in [0.3, 0.4) is 0 Å². The Bertz CT molecular complexity index is 1230. The molecule has 0 atom stereocenters. The average Bonchev–Trinajstić information content (AvgIpc) is 2.68. The number of anilines is 2. The van der Waals surface area contributed by atoms with Gasteiger partial charge in [-0.3, -0.25) is 19.6 Å². The number of carbonyl (C=O) groups is 1. The summed E-state index contributed by atoms with van der Waals surface area (Å²) in [5.74, 6) is -0.988. The number of nitrogens with one attached hydrogen (secondary N) is 2. The highest BCUT2D eigenvalue weighted by Crippen LogP contribution is 2.24. The fraction of sp³-hybridized carbons (Fsp3) is 0.0500. The summed E-state index contributed by atoms with van der Waals surface area (Å²) in [7, 11) is -4.07. The minimum absolute atomic E-state index is 0.167. The van der Waals surface area contributed by atoms with Gasteiger partial charge in [-0.25, -0.2) is 12.8 Å². The van der Waals surface area contributed by atoms with Crippen molar-refractivity contribution < 1.29 is 22.5 Å². The molecule has 0 heterocycles. The highest BCUT2D eigenvalue weighted by molar-refractivity contribution is 7.92. The van der Waals surface area contributed by atoms with Gasteiger partial charge >= 0.3 is 0 Å². The van der Waals surface area contributed by atoms with Gasteiger partial charge in [0.25, 0.3) is 21.6 Å². The van der Waals surface area contributed by atoms with Crippen LogP contribution in [0.2, 0.25) is 0 Å². The number of hydrogen-bond acceptors (Lipinski definition) is 5. The molecule has 0 aromatic heterocycles. The van der Waals surface area contributed by atoms with Gasteiger partial charge in [0.15, 0.2) is 0 Å². The van der Waals surface area contributed by atoms with Crippen molar-refractivity contribution in [3.05, 3.63) is 93.8 Å². The maximum Gasteiger partial charge on any atom is 0.273 e. The number of nitrogens with zero attached hydrogens (tertiary/aromatic N) is 1. The number of benzene rings is 3. The normalized spacial score (nSPS) is 11.0. The Kier molecular flexibility index (Phi) is 5.79. The van der Waals surface area contributed by atoms with Crippen LogP contribution in [0.25, 0.3) is 0 Å². The van der Waals surface area contributed by atoms with Crippen LogP contribution in [0.4, 0.5) is 21.5 Å². The Balaban J connectivity index is 1.75. The first-order valence-electron chi connectivity index (χ1n) is 8.60. The molecule has 30 heavy (non-hydrogen) atoms. The lowest BCUT2D eigenvalue weighted by molar-refractivity contribution is -0.385. The van der Waals surface area contributed by atoms with Crippen LogP contribution in [0.5, 0.6) is 0 Å². The van der Waals surface area contributed by atoms with Crippen molar-refractivity contribution in [2.45, 2.75) is 11.8 Å². The summed E-state index contributed by atoms with van der Waals surface area (Å²) in [6.07, 6.45) is 0. The molecule has 2 N–H and O–H groups in total. The van der Waals surface area contributed by atoms with Gasteiger partial charge in [0.1, 0.15) is 5.82 Å². The number of nitro groups is 1. The van der Waals surface area contributed by atoms with Crippen LogP contribution in [-0.2, 0) is 10.0 Å². The number of hydrogen-bond donors (Lipinski definition) is 2. The second kappa shape index (κ2) is 8.29. The van der Waals surface area contributed by atoms with E-state index in [1.165, 1.54) is 67.6 Å². The van der Waals surface area contributed by atoms with Crippen molar-refractivity contribution in [1.29, 1.82) is 0 Å². The van der Waals surface area contributed by atoms with Gasteiger partial charge in [0, 0.05) is 28.6 Å². The average molecular weight is 429 g/mol. The van der Waals surface area contributed by atoms with Crippen molar-refractivity contribution in [3.63, 3.8) is 0 Å². The quantitative estimate of drug-likeness (QED) is 0.452. The molecular formula is C20H16FN3O5S. The fourth-order valence-corrected chi connectivity index (χ4v) is 3.70. The molecule has 0 aliphatic carbocycles. The van der Waals surface area contributed by atoms with Gasteiger partial charge < -0.3 is 5.32 Å². The van der Waals surface area contributed by atoms with Crippen LogP contribution in [0.1, 0.15) is 15.9 Å². The molecule has 3 rings (SSSR count). The number of sulfonamides is 1. The van der Waals surface area contributed by atoms with Gasteiger partial charge in [-0.2, -0.15) is 0 Å². The van der Waals surface area contributed by atoms with Crippen LogP contribution < -0.4 is 10.0 Å². The maximum atomic E-state index is 13.2. The van der Waals surface area contributed by atoms with E-state index in [4.69, 9.17) is 0 Å². The monoisotopic (exact) mass is 429 g/mol. The summed E-state index contributed by atoms with van der Waals surface area (Å²) >= 11 is 0. The predicted octanol–water partition coefficient (Wildman–Crippen LogP) is 4.10.